The topological polar surface area (TPSA) is 51.6 Å². The molecule has 0 saturated heterocycles. The molecule has 0 aliphatic rings. The van der Waals surface area contributed by atoms with E-state index in [0.717, 1.165) is 12.0 Å². The van der Waals surface area contributed by atoms with Crippen molar-refractivity contribution in [2.45, 2.75) is 45.8 Å². The van der Waals surface area contributed by atoms with E-state index in [1.807, 2.05) is 33.8 Å². The van der Waals surface area contributed by atoms with E-state index < -0.39 is 11.7 Å². The van der Waals surface area contributed by atoms with Crippen LogP contribution in [0.4, 0.5) is 0 Å². The predicted molar refractivity (Wildman–Crippen MR) is 70.7 cm³/mol. The molecule has 0 saturated carbocycles. The average molecular weight is 253 g/mol. The first-order valence-electron chi connectivity index (χ1n) is 6.47. The molecule has 102 valence electrons. The van der Waals surface area contributed by atoms with Gasteiger partial charge in [0.25, 0.3) is 0 Å². The fourth-order valence-electron chi connectivity index (χ4n) is 1.89. The van der Waals surface area contributed by atoms with Crippen LogP contribution in [0, 0.1) is 0 Å². The van der Waals surface area contributed by atoms with E-state index in [2.05, 4.69) is 4.98 Å². The first kappa shape index (κ1) is 14.9. The first-order valence-corrected chi connectivity index (χ1v) is 6.47. The normalized spacial score (nSPS) is 16.1. The van der Waals surface area contributed by atoms with Crippen LogP contribution in [0.25, 0.3) is 0 Å². The molecule has 1 heterocycles. The van der Waals surface area contributed by atoms with E-state index in [-0.39, 0.29) is 0 Å². The largest absolute Gasteiger partial charge is 0.492 e. The molecular formula is C14H23NO3. The summed E-state index contributed by atoms with van der Waals surface area (Å²) in [5.74, 6) is 0.670. The molecule has 4 heteroatoms. The molecule has 0 fully saturated rings. The van der Waals surface area contributed by atoms with Gasteiger partial charge in [-0.05, 0) is 33.3 Å². The average Bonchev–Trinajstić information content (AvgIpc) is 2.39. The molecule has 0 amide bonds. The van der Waals surface area contributed by atoms with Crippen LogP contribution in [-0.2, 0) is 4.74 Å². The summed E-state index contributed by atoms with van der Waals surface area (Å²) in [5, 5.41) is 10.4. The zero-order valence-electron chi connectivity index (χ0n) is 11.6. The highest BCUT2D eigenvalue weighted by atomic mass is 16.5. The summed E-state index contributed by atoms with van der Waals surface area (Å²) < 4.78 is 11.1. The van der Waals surface area contributed by atoms with Crippen LogP contribution in [0.5, 0.6) is 5.75 Å². The Bertz CT molecular complexity index is 370. The Hall–Kier alpha value is -1.13. The highest BCUT2D eigenvalue weighted by Crippen LogP contribution is 2.32. The molecular weight excluding hydrogens is 230 g/mol. The number of aliphatic hydroxyl groups excluding tert-OH is 1. The third-order valence-electron chi connectivity index (χ3n) is 3.12. The molecule has 0 radical (unpaired) electrons. The van der Waals surface area contributed by atoms with E-state index in [1.54, 1.807) is 12.4 Å². The Morgan fingerprint density at radius 3 is 2.56 bits per heavy atom. The molecule has 1 aromatic rings. The number of aromatic nitrogens is 1. The molecule has 0 aliphatic heterocycles. The quantitative estimate of drug-likeness (QED) is 0.811. The Morgan fingerprint density at radius 1 is 1.28 bits per heavy atom. The molecule has 2 unspecified atom stereocenters. The SMILES string of the molecule is CCOc1cncc(C(O)C(C)(CC)OCC)c1. The minimum absolute atomic E-state index is 0.569. The Balaban J connectivity index is 2.94. The van der Waals surface area contributed by atoms with Crippen molar-refractivity contribution in [2.24, 2.45) is 0 Å². The number of ether oxygens (including phenoxy) is 2. The summed E-state index contributed by atoms with van der Waals surface area (Å²) in [6.07, 6.45) is 3.31. The van der Waals surface area contributed by atoms with Crippen LogP contribution < -0.4 is 4.74 Å². The van der Waals surface area contributed by atoms with Gasteiger partial charge in [0.2, 0.25) is 0 Å². The summed E-state index contributed by atoms with van der Waals surface area (Å²) >= 11 is 0. The Labute approximate surface area is 109 Å². The van der Waals surface area contributed by atoms with Gasteiger partial charge in [0.05, 0.1) is 18.4 Å². The lowest BCUT2D eigenvalue weighted by molar-refractivity contribution is -0.113. The number of nitrogens with zero attached hydrogens (tertiary/aromatic N) is 1. The van der Waals surface area contributed by atoms with Gasteiger partial charge in [0, 0.05) is 18.4 Å². The summed E-state index contributed by atoms with van der Waals surface area (Å²) in [5.41, 5.74) is 0.125. The lowest BCUT2D eigenvalue weighted by Crippen LogP contribution is -2.35. The molecule has 18 heavy (non-hydrogen) atoms. The summed E-state index contributed by atoms with van der Waals surface area (Å²) in [6.45, 7) is 8.90. The second-order valence-corrected chi connectivity index (χ2v) is 4.39. The zero-order valence-corrected chi connectivity index (χ0v) is 11.6. The second kappa shape index (κ2) is 6.71. The molecule has 1 aromatic heterocycles. The highest BCUT2D eigenvalue weighted by Gasteiger charge is 2.33. The number of rotatable bonds is 7. The summed E-state index contributed by atoms with van der Waals surface area (Å²) in [6, 6.07) is 1.81. The smallest absolute Gasteiger partial charge is 0.137 e. The number of aliphatic hydroxyl groups is 1. The molecule has 0 spiro atoms. The molecule has 0 aliphatic carbocycles. The predicted octanol–water partition coefficient (Wildman–Crippen LogP) is 2.72. The maximum Gasteiger partial charge on any atom is 0.137 e. The van der Waals surface area contributed by atoms with Gasteiger partial charge in [-0.1, -0.05) is 6.92 Å². The van der Waals surface area contributed by atoms with Crippen LogP contribution in [0.2, 0.25) is 0 Å². The van der Waals surface area contributed by atoms with E-state index in [1.165, 1.54) is 0 Å². The first-order chi connectivity index (χ1) is 8.57. The molecule has 0 bridgehead atoms. The van der Waals surface area contributed by atoms with E-state index in [4.69, 9.17) is 9.47 Å². The van der Waals surface area contributed by atoms with Crippen LogP contribution in [-0.4, -0.2) is 28.9 Å². The van der Waals surface area contributed by atoms with E-state index in [9.17, 15) is 5.11 Å². The zero-order chi connectivity index (χ0) is 13.6. The molecule has 0 aromatic carbocycles. The lowest BCUT2D eigenvalue weighted by atomic mass is 9.91. The lowest BCUT2D eigenvalue weighted by Gasteiger charge is -2.33. The number of pyridine rings is 1. The number of hydrogen-bond donors (Lipinski definition) is 1. The van der Waals surface area contributed by atoms with Gasteiger partial charge < -0.3 is 14.6 Å². The van der Waals surface area contributed by atoms with Crippen molar-refractivity contribution >= 4 is 0 Å². The third kappa shape index (κ3) is 3.43. The Morgan fingerprint density at radius 2 is 2.00 bits per heavy atom. The van der Waals surface area contributed by atoms with Crippen LogP contribution >= 0.6 is 0 Å². The Kier molecular flexibility index (Phi) is 5.56. The van der Waals surface area contributed by atoms with Gasteiger partial charge in [0.15, 0.2) is 0 Å². The van der Waals surface area contributed by atoms with E-state index >= 15 is 0 Å². The maximum absolute atomic E-state index is 10.4. The standard InChI is InChI=1S/C14H23NO3/c1-5-14(4,18-7-3)13(16)11-8-12(17-6-2)10-15-9-11/h8-10,13,16H,5-7H2,1-4H3. The van der Waals surface area contributed by atoms with Gasteiger partial charge in [-0.25, -0.2) is 0 Å². The van der Waals surface area contributed by atoms with Crippen molar-refractivity contribution in [3.63, 3.8) is 0 Å². The van der Waals surface area contributed by atoms with Gasteiger partial charge in [-0.3, -0.25) is 4.98 Å². The maximum atomic E-state index is 10.4. The highest BCUT2D eigenvalue weighted by molar-refractivity contribution is 5.26. The number of hydrogen-bond acceptors (Lipinski definition) is 4. The monoisotopic (exact) mass is 253 g/mol. The van der Waals surface area contributed by atoms with Crippen molar-refractivity contribution in [1.29, 1.82) is 0 Å². The van der Waals surface area contributed by atoms with Crippen LogP contribution in [0.15, 0.2) is 18.5 Å². The van der Waals surface area contributed by atoms with Gasteiger partial charge in [0.1, 0.15) is 11.9 Å². The summed E-state index contributed by atoms with van der Waals surface area (Å²) in [4.78, 5) is 4.09. The minimum Gasteiger partial charge on any atom is -0.492 e. The molecule has 1 rings (SSSR count). The van der Waals surface area contributed by atoms with E-state index in [0.29, 0.717) is 19.0 Å². The van der Waals surface area contributed by atoms with Crippen LogP contribution in [0.1, 0.15) is 45.8 Å². The molecule has 4 nitrogen and oxygen atoms in total. The van der Waals surface area contributed by atoms with Crippen molar-refractivity contribution in [3.05, 3.63) is 24.0 Å². The van der Waals surface area contributed by atoms with Crippen molar-refractivity contribution in [1.82, 2.24) is 4.98 Å². The third-order valence-corrected chi connectivity index (χ3v) is 3.12. The fourth-order valence-corrected chi connectivity index (χ4v) is 1.89. The van der Waals surface area contributed by atoms with Gasteiger partial charge in [-0.15, -0.1) is 0 Å². The van der Waals surface area contributed by atoms with Gasteiger partial charge >= 0.3 is 0 Å². The van der Waals surface area contributed by atoms with Crippen molar-refractivity contribution < 1.29 is 14.6 Å². The molecule has 2 atom stereocenters. The minimum atomic E-state index is -0.713. The van der Waals surface area contributed by atoms with Gasteiger partial charge in [-0.2, -0.15) is 0 Å². The van der Waals surface area contributed by atoms with Crippen molar-refractivity contribution in [2.75, 3.05) is 13.2 Å². The van der Waals surface area contributed by atoms with Crippen molar-refractivity contribution in [3.8, 4) is 5.75 Å². The second-order valence-electron chi connectivity index (χ2n) is 4.39. The molecule has 1 N–H and O–H groups in total. The summed E-state index contributed by atoms with van der Waals surface area (Å²) in [7, 11) is 0. The fraction of sp³-hybridized carbons (Fsp3) is 0.643. The van der Waals surface area contributed by atoms with Crippen LogP contribution in [0.3, 0.4) is 0 Å².